The van der Waals surface area contributed by atoms with Gasteiger partial charge in [0.2, 0.25) is 0 Å². The van der Waals surface area contributed by atoms with Crippen LogP contribution >= 0.6 is 0 Å². The van der Waals surface area contributed by atoms with Crippen molar-refractivity contribution in [2.24, 2.45) is 0 Å². The third kappa shape index (κ3) is 10.9. The third-order valence-corrected chi connectivity index (χ3v) is 5.11. The van der Waals surface area contributed by atoms with Gasteiger partial charge in [0.15, 0.2) is 8.32 Å². The number of fused-ring (bicyclic) bond motifs is 3. The monoisotopic (exact) mass is 550 g/mol. The zero-order valence-corrected chi connectivity index (χ0v) is 23.5. The molecule has 0 radical (unpaired) electrons. The number of benzene rings is 2. The minimum Gasteiger partial charge on any atom is -1.00 e. The fourth-order valence-corrected chi connectivity index (χ4v) is 3.56. The summed E-state index contributed by atoms with van der Waals surface area (Å²) in [5.41, 5.74) is 0. The van der Waals surface area contributed by atoms with E-state index in [4.69, 9.17) is 9.16 Å². The molecule has 0 heterocycles. The number of hydrogen-bond donors (Lipinski definition) is 0. The van der Waals surface area contributed by atoms with Crippen molar-refractivity contribution in [3.63, 3.8) is 0 Å². The Bertz CT molecular complexity index is 941. The molecule has 6 heteroatoms. The Morgan fingerprint density at radius 3 is 1.81 bits per heavy atom. The van der Waals surface area contributed by atoms with Crippen molar-refractivity contribution in [2.45, 2.75) is 26.6 Å². The van der Waals surface area contributed by atoms with Crippen LogP contribution in [0.4, 0.5) is 0 Å². The standard InChI is InChI=1S/C13H9.C10H17O2Si.C2H4.2ClH.Zr/c1-3-7-12-10(5-1)9-11-6-2-4-8-13(11)12;1-13(2,3)12-9-8-11-10-6-4-5-7-10;1-2;;;/h1-9H;4-7H,8-9H2,1-3H3;1H,2H3;2*1H;/q2*-1;;;;+2/p-2. The summed E-state index contributed by atoms with van der Waals surface area (Å²) in [7, 11) is -1.36. The number of ether oxygens (including phenoxy) is 1. The Morgan fingerprint density at radius 1 is 0.839 bits per heavy atom. The van der Waals surface area contributed by atoms with Crippen LogP contribution in [0.15, 0.2) is 78.9 Å². The van der Waals surface area contributed by atoms with Gasteiger partial charge in [0.1, 0.15) is 6.61 Å². The van der Waals surface area contributed by atoms with Crippen LogP contribution in [0.2, 0.25) is 19.6 Å². The van der Waals surface area contributed by atoms with Crippen molar-refractivity contribution in [3.8, 4) is 5.75 Å². The van der Waals surface area contributed by atoms with Crippen molar-refractivity contribution in [2.75, 3.05) is 13.2 Å². The molecular formula is C25H30Cl2O2SiZr-2. The Kier molecular flexibility index (Phi) is 15.2. The van der Waals surface area contributed by atoms with Crippen LogP contribution < -0.4 is 29.6 Å². The molecule has 31 heavy (non-hydrogen) atoms. The van der Waals surface area contributed by atoms with Crippen LogP contribution in [0.5, 0.6) is 5.75 Å². The maximum absolute atomic E-state index is 5.64. The van der Waals surface area contributed by atoms with Gasteiger partial charge < -0.3 is 34.0 Å². The summed E-state index contributed by atoms with van der Waals surface area (Å²) in [4.78, 5) is 0. The predicted molar refractivity (Wildman–Crippen MR) is 126 cm³/mol. The number of halogens is 2. The van der Waals surface area contributed by atoms with E-state index in [-0.39, 0.29) is 24.8 Å². The number of hydrogen-bond acceptors (Lipinski definition) is 2. The maximum Gasteiger partial charge on any atom is 0.183 e. The molecular weight excluding hydrogens is 522 g/mol. The molecule has 0 bridgehead atoms. The van der Waals surface area contributed by atoms with E-state index in [2.05, 4.69) is 77.9 Å². The molecule has 0 aliphatic heterocycles. The second-order valence-corrected chi connectivity index (χ2v) is 13.5. The van der Waals surface area contributed by atoms with Gasteiger partial charge in [0.05, 0.1) is 6.61 Å². The van der Waals surface area contributed by atoms with Gasteiger partial charge in [0, 0.05) is 5.75 Å². The second kappa shape index (κ2) is 15.7. The fraction of sp³-hybridized carbons (Fsp3) is 0.240. The average Bonchev–Trinajstić information content (AvgIpc) is 3.33. The summed E-state index contributed by atoms with van der Waals surface area (Å²) < 4.78 is 13.2. The van der Waals surface area contributed by atoms with Gasteiger partial charge in [-0.3, -0.25) is 0 Å². The first-order chi connectivity index (χ1) is 13.9. The molecule has 0 aliphatic rings. The first-order valence-electron chi connectivity index (χ1n) is 9.91. The second-order valence-electron chi connectivity index (χ2n) is 7.54. The van der Waals surface area contributed by atoms with Gasteiger partial charge in [0.25, 0.3) is 0 Å². The Hall–Kier alpha value is -1.03. The minimum absolute atomic E-state index is 0. The molecule has 0 saturated carbocycles. The normalized spacial score (nSPS) is 10.0. The Labute approximate surface area is 214 Å². The van der Waals surface area contributed by atoms with Crippen molar-refractivity contribution >= 4 is 33.6 Å². The van der Waals surface area contributed by atoms with Crippen LogP contribution in [-0.4, -0.2) is 25.2 Å². The molecule has 4 aromatic carbocycles. The zero-order chi connectivity index (χ0) is 21.1. The largest absolute Gasteiger partial charge is 1.00 e. The Balaban J connectivity index is 0.000000488. The van der Waals surface area contributed by atoms with Crippen molar-refractivity contribution in [1.82, 2.24) is 0 Å². The summed E-state index contributed by atoms with van der Waals surface area (Å²) >= 11 is 1.51. The molecule has 0 N–H and O–H groups in total. The van der Waals surface area contributed by atoms with E-state index < -0.39 is 8.32 Å². The van der Waals surface area contributed by atoms with E-state index >= 15 is 0 Å². The van der Waals surface area contributed by atoms with Crippen molar-refractivity contribution < 1.29 is 58.2 Å². The fourth-order valence-electron chi connectivity index (χ4n) is 2.86. The van der Waals surface area contributed by atoms with Crippen LogP contribution in [0.1, 0.15) is 6.92 Å². The minimum atomic E-state index is -1.36. The summed E-state index contributed by atoms with van der Waals surface area (Å²) in [6.07, 6.45) is 0. The third-order valence-electron chi connectivity index (χ3n) is 4.04. The van der Waals surface area contributed by atoms with E-state index in [1.165, 1.54) is 45.8 Å². The van der Waals surface area contributed by atoms with Crippen LogP contribution in [0, 0.1) is 0 Å². The summed E-state index contributed by atoms with van der Waals surface area (Å²) in [5.74, 6) is 0.930. The van der Waals surface area contributed by atoms with E-state index in [9.17, 15) is 0 Å². The average molecular weight is 553 g/mol. The van der Waals surface area contributed by atoms with Gasteiger partial charge in [-0.15, -0.1) is 45.8 Å². The Morgan fingerprint density at radius 2 is 1.35 bits per heavy atom. The molecule has 0 saturated heterocycles. The van der Waals surface area contributed by atoms with Gasteiger partial charge in [-0.1, -0.05) is 36.4 Å². The van der Waals surface area contributed by atoms with Crippen molar-refractivity contribution in [3.05, 3.63) is 78.9 Å². The number of rotatable bonds is 5. The van der Waals surface area contributed by atoms with E-state index in [0.717, 1.165) is 5.75 Å². The summed E-state index contributed by atoms with van der Waals surface area (Å²) in [5, 5.41) is 5.39. The smallest absolute Gasteiger partial charge is 0.183 e. The zero-order valence-electron chi connectivity index (χ0n) is 18.6. The summed E-state index contributed by atoms with van der Waals surface area (Å²) in [6, 6.07) is 27.1. The maximum atomic E-state index is 5.64. The van der Waals surface area contributed by atoms with Gasteiger partial charge in [-0.05, 0) is 19.6 Å². The quantitative estimate of drug-likeness (QED) is 0.206. The van der Waals surface area contributed by atoms with Gasteiger partial charge >= 0.3 is 34.9 Å². The molecule has 2 nitrogen and oxygen atoms in total. The van der Waals surface area contributed by atoms with Crippen LogP contribution in [0.25, 0.3) is 21.5 Å². The van der Waals surface area contributed by atoms with Crippen molar-refractivity contribution in [1.29, 1.82) is 0 Å². The molecule has 0 aliphatic carbocycles. The first kappa shape index (κ1) is 30.0. The predicted octanol–water partition coefficient (Wildman–Crippen LogP) is 0.711. The summed E-state index contributed by atoms with van der Waals surface area (Å²) in [6.45, 7) is 9.91. The van der Waals surface area contributed by atoms with Gasteiger partial charge in [-0.25, -0.2) is 6.07 Å². The molecule has 4 aromatic rings. The molecule has 0 spiro atoms. The SMILES string of the molecule is C[CH]=[Zr+2].C[Si](C)(C)OCCOc1ccc[cH-]1.[Cl-].[Cl-].c1ccc2c(c1)[cH-]c1ccccc12. The van der Waals surface area contributed by atoms with E-state index in [1.54, 1.807) is 0 Å². The molecule has 0 fully saturated rings. The van der Waals surface area contributed by atoms with E-state index in [1.807, 2.05) is 31.2 Å². The topological polar surface area (TPSA) is 18.5 Å². The first-order valence-corrected chi connectivity index (χ1v) is 14.7. The van der Waals surface area contributed by atoms with Gasteiger partial charge in [-0.2, -0.15) is 12.1 Å². The van der Waals surface area contributed by atoms with Crippen LogP contribution in [-0.2, 0) is 28.7 Å². The molecule has 0 unspecified atom stereocenters. The molecule has 0 aromatic heterocycles. The molecule has 4 rings (SSSR count). The molecule has 0 amide bonds. The molecule has 166 valence electrons. The van der Waals surface area contributed by atoms with Crippen LogP contribution in [0.3, 0.4) is 0 Å². The van der Waals surface area contributed by atoms with E-state index in [0.29, 0.717) is 13.2 Å². The molecule has 0 atom stereocenters.